The van der Waals surface area contributed by atoms with Gasteiger partial charge in [0.1, 0.15) is 11.5 Å². The minimum Gasteiger partial charge on any atom is -0.478 e. The van der Waals surface area contributed by atoms with Crippen LogP contribution in [0.3, 0.4) is 0 Å². The summed E-state index contributed by atoms with van der Waals surface area (Å²) in [5.74, 6) is -1.29. The molecule has 3 amide bonds. The number of rotatable bonds is 4. The Hall–Kier alpha value is -3.84. The van der Waals surface area contributed by atoms with Crippen molar-refractivity contribution in [1.29, 1.82) is 0 Å². The van der Waals surface area contributed by atoms with Gasteiger partial charge in [0.05, 0.1) is 17.5 Å². The summed E-state index contributed by atoms with van der Waals surface area (Å²) in [5, 5.41) is 12.4. The van der Waals surface area contributed by atoms with Crippen LogP contribution in [0.2, 0.25) is 5.02 Å². The summed E-state index contributed by atoms with van der Waals surface area (Å²) >= 11 is 5.94. The molecule has 1 aromatic heterocycles. The summed E-state index contributed by atoms with van der Waals surface area (Å²) in [6, 6.07) is 13.7. The van der Waals surface area contributed by atoms with Crippen LogP contribution in [0.15, 0.2) is 71.0 Å². The molecular formula is C21H13ClN2O5. The molecule has 1 saturated heterocycles. The van der Waals surface area contributed by atoms with Gasteiger partial charge in [-0.05, 0) is 54.1 Å². The summed E-state index contributed by atoms with van der Waals surface area (Å²) in [7, 11) is 0. The molecule has 0 unspecified atom stereocenters. The number of carbonyl (C=O) groups excluding carboxylic acids is 2. The molecule has 0 saturated carbocycles. The lowest BCUT2D eigenvalue weighted by molar-refractivity contribution is -0.113. The van der Waals surface area contributed by atoms with Gasteiger partial charge in [0, 0.05) is 10.6 Å². The van der Waals surface area contributed by atoms with Gasteiger partial charge in [0.25, 0.3) is 5.91 Å². The molecule has 7 nitrogen and oxygen atoms in total. The number of carbonyl (C=O) groups is 3. The van der Waals surface area contributed by atoms with Crippen LogP contribution in [0, 0.1) is 0 Å². The average molecular weight is 409 g/mol. The highest BCUT2D eigenvalue weighted by Gasteiger charge is 2.35. The Morgan fingerprint density at radius 3 is 2.62 bits per heavy atom. The minimum atomic E-state index is -1.14. The fraction of sp³-hybridized carbons (Fsp3) is 0. The van der Waals surface area contributed by atoms with Gasteiger partial charge in [-0.3, -0.25) is 4.79 Å². The fourth-order valence-corrected chi connectivity index (χ4v) is 3.21. The number of halogens is 1. The van der Waals surface area contributed by atoms with Crippen LogP contribution >= 0.6 is 11.6 Å². The molecule has 1 fully saturated rings. The van der Waals surface area contributed by atoms with Gasteiger partial charge in [-0.25, -0.2) is 14.5 Å². The Balaban J connectivity index is 1.69. The molecule has 1 aliphatic rings. The van der Waals surface area contributed by atoms with Gasteiger partial charge in [0.15, 0.2) is 0 Å². The number of anilines is 1. The molecule has 8 heteroatoms. The van der Waals surface area contributed by atoms with Gasteiger partial charge < -0.3 is 14.8 Å². The molecule has 0 bridgehead atoms. The standard InChI is InChI=1S/C21H13ClN2O5/c22-13-3-1-4-14(11-13)24-19(25)17(23-21(24)28)10-12-6-7-15(16(9-12)20(26)27)18-5-2-8-29-18/h1-11H,(H,23,28)(H,26,27). The highest BCUT2D eigenvalue weighted by Crippen LogP contribution is 2.28. The van der Waals surface area contributed by atoms with E-state index in [1.165, 1.54) is 24.5 Å². The van der Waals surface area contributed by atoms with Crippen molar-refractivity contribution in [3.63, 3.8) is 0 Å². The van der Waals surface area contributed by atoms with Crippen LogP contribution in [-0.2, 0) is 4.79 Å². The molecule has 0 radical (unpaired) electrons. The first kappa shape index (κ1) is 18.5. The number of nitrogens with zero attached hydrogens (tertiary/aromatic N) is 1. The molecule has 2 N–H and O–H groups in total. The number of aromatic carboxylic acids is 1. The average Bonchev–Trinajstić information content (AvgIpc) is 3.30. The molecule has 0 aliphatic carbocycles. The van der Waals surface area contributed by atoms with E-state index in [-0.39, 0.29) is 11.3 Å². The molecular weight excluding hydrogens is 396 g/mol. The zero-order valence-electron chi connectivity index (χ0n) is 14.8. The number of hydrogen-bond donors (Lipinski definition) is 2. The third-order valence-corrected chi connectivity index (χ3v) is 4.55. The first-order chi connectivity index (χ1) is 13.9. The number of carboxylic acids is 1. The largest absolute Gasteiger partial charge is 0.478 e. The lowest BCUT2D eigenvalue weighted by atomic mass is 10.0. The Morgan fingerprint density at radius 1 is 1.10 bits per heavy atom. The zero-order valence-corrected chi connectivity index (χ0v) is 15.5. The van der Waals surface area contributed by atoms with Gasteiger partial charge in [0.2, 0.25) is 0 Å². The first-order valence-electron chi connectivity index (χ1n) is 8.48. The van der Waals surface area contributed by atoms with Crippen molar-refractivity contribution < 1.29 is 23.9 Å². The molecule has 0 atom stereocenters. The van der Waals surface area contributed by atoms with Crippen molar-refractivity contribution in [2.45, 2.75) is 0 Å². The van der Waals surface area contributed by atoms with E-state index in [9.17, 15) is 19.5 Å². The van der Waals surface area contributed by atoms with E-state index in [1.807, 2.05) is 0 Å². The van der Waals surface area contributed by atoms with Crippen LogP contribution in [0.5, 0.6) is 0 Å². The van der Waals surface area contributed by atoms with Crippen molar-refractivity contribution >= 4 is 41.3 Å². The fourth-order valence-electron chi connectivity index (χ4n) is 3.03. The number of furan rings is 1. The van der Waals surface area contributed by atoms with Crippen molar-refractivity contribution in [1.82, 2.24) is 5.32 Å². The monoisotopic (exact) mass is 408 g/mol. The maximum Gasteiger partial charge on any atom is 0.336 e. The lowest BCUT2D eigenvalue weighted by Crippen LogP contribution is -2.30. The highest BCUT2D eigenvalue weighted by molar-refractivity contribution is 6.32. The van der Waals surface area contributed by atoms with Crippen LogP contribution in [-0.4, -0.2) is 23.0 Å². The second-order valence-corrected chi connectivity index (χ2v) is 6.63. The molecule has 144 valence electrons. The number of carboxylic acid groups (broad SMARTS) is 1. The third kappa shape index (κ3) is 3.51. The van der Waals surface area contributed by atoms with Gasteiger partial charge in [-0.2, -0.15) is 0 Å². The molecule has 2 heterocycles. The maximum atomic E-state index is 12.7. The molecule has 29 heavy (non-hydrogen) atoms. The van der Waals surface area contributed by atoms with Gasteiger partial charge in [-0.15, -0.1) is 0 Å². The predicted octanol–water partition coefficient (Wildman–Crippen LogP) is 4.40. The first-order valence-corrected chi connectivity index (χ1v) is 8.86. The van der Waals surface area contributed by atoms with Crippen molar-refractivity contribution in [2.24, 2.45) is 0 Å². The molecule has 3 aromatic rings. The Labute approximate surface area is 169 Å². The van der Waals surface area contributed by atoms with Crippen LogP contribution in [0.25, 0.3) is 17.4 Å². The van der Waals surface area contributed by atoms with Crippen molar-refractivity contribution in [3.8, 4) is 11.3 Å². The Bertz CT molecular complexity index is 1170. The summed E-state index contributed by atoms with van der Waals surface area (Å²) in [6.07, 6.45) is 2.87. The molecule has 2 aromatic carbocycles. The molecule has 4 rings (SSSR count). The number of nitrogens with one attached hydrogen (secondary N) is 1. The van der Waals surface area contributed by atoms with Crippen LogP contribution in [0.4, 0.5) is 10.5 Å². The Kier molecular flexibility index (Phi) is 4.66. The summed E-state index contributed by atoms with van der Waals surface area (Å²) in [6.45, 7) is 0. The quantitative estimate of drug-likeness (QED) is 0.492. The topological polar surface area (TPSA) is 99.9 Å². The molecule has 0 spiro atoms. The lowest BCUT2D eigenvalue weighted by Gasteiger charge is -2.11. The van der Waals surface area contributed by atoms with E-state index >= 15 is 0 Å². The normalized spacial score (nSPS) is 15.1. The SMILES string of the molecule is O=C(O)c1cc(C=C2NC(=O)N(c3cccc(Cl)c3)C2=O)ccc1-c1ccco1. The van der Waals surface area contributed by atoms with Crippen molar-refractivity contribution in [2.75, 3.05) is 4.90 Å². The van der Waals surface area contributed by atoms with Gasteiger partial charge >= 0.3 is 12.0 Å². The maximum absolute atomic E-state index is 12.7. The second kappa shape index (κ2) is 7.29. The van der Waals surface area contributed by atoms with Crippen LogP contribution in [0.1, 0.15) is 15.9 Å². The van der Waals surface area contributed by atoms with E-state index in [1.54, 1.807) is 42.5 Å². The van der Waals surface area contributed by atoms with Gasteiger partial charge in [-0.1, -0.05) is 23.7 Å². The summed E-state index contributed by atoms with van der Waals surface area (Å²) in [5.41, 5.74) is 1.22. The van der Waals surface area contributed by atoms with E-state index in [0.29, 0.717) is 27.6 Å². The van der Waals surface area contributed by atoms with E-state index < -0.39 is 17.9 Å². The minimum absolute atomic E-state index is 0.0118. The smallest absolute Gasteiger partial charge is 0.336 e. The Morgan fingerprint density at radius 2 is 1.93 bits per heavy atom. The van der Waals surface area contributed by atoms with E-state index in [2.05, 4.69) is 5.32 Å². The van der Waals surface area contributed by atoms with Crippen LogP contribution < -0.4 is 10.2 Å². The highest BCUT2D eigenvalue weighted by atomic mass is 35.5. The second-order valence-electron chi connectivity index (χ2n) is 6.20. The number of imide groups is 1. The van der Waals surface area contributed by atoms with E-state index in [4.69, 9.17) is 16.0 Å². The zero-order chi connectivity index (χ0) is 20.5. The van der Waals surface area contributed by atoms with E-state index in [0.717, 1.165) is 4.90 Å². The number of benzene rings is 2. The summed E-state index contributed by atoms with van der Waals surface area (Å²) in [4.78, 5) is 37.6. The summed E-state index contributed by atoms with van der Waals surface area (Å²) < 4.78 is 5.28. The molecule has 1 aliphatic heterocycles. The van der Waals surface area contributed by atoms with Crippen molar-refractivity contribution in [3.05, 3.63) is 82.7 Å². The predicted molar refractivity (Wildman–Crippen MR) is 107 cm³/mol. The number of hydrogen-bond acceptors (Lipinski definition) is 4. The number of urea groups is 1. The number of amides is 3. The third-order valence-electron chi connectivity index (χ3n) is 4.32.